The molecule has 0 aliphatic carbocycles. The highest BCUT2D eigenvalue weighted by molar-refractivity contribution is 5.96. The first-order valence-corrected chi connectivity index (χ1v) is 9.57. The number of hydrogen-bond donors (Lipinski definition) is 2. The van der Waals surface area contributed by atoms with Crippen molar-refractivity contribution in [1.82, 2.24) is 15.3 Å². The van der Waals surface area contributed by atoms with E-state index in [-0.39, 0.29) is 17.8 Å². The van der Waals surface area contributed by atoms with Crippen LogP contribution in [0.25, 0.3) is 10.9 Å². The third kappa shape index (κ3) is 4.26. The molecule has 2 atom stereocenters. The molecule has 2 aromatic heterocycles. The van der Waals surface area contributed by atoms with Crippen molar-refractivity contribution in [2.75, 3.05) is 13.2 Å². The highest BCUT2D eigenvalue weighted by Crippen LogP contribution is 2.24. The summed E-state index contributed by atoms with van der Waals surface area (Å²) in [5.74, 6) is -0.920. The number of nitrogens with zero attached hydrogens (tertiary/aromatic N) is 2. The van der Waals surface area contributed by atoms with Crippen LogP contribution in [-0.4, -0.2) is 46.3 Å². The van der Waals surface area contributed by atoms with Crippen LogP contribution in [-0.2, 0) is 11.2 Å². The predicted molar refractivity (Wildman–Crippen MR) is 106 cm³/mol. The van der Waals surface area contributed by atoms with Gasteiger partial charge in [-0.3, -0.25) is 9.78 Å². The number of hydrogen-bond acceptors (Lipinski definition) is 5. The van der Waals surface area contributed by atoms with E-state index >= 15 is 0 Å². The van der Waals surface area contributed by atoms with Gasteiger partial charge in [-0.2, -0.15) is 0 Å². The quantitative estimate of drug-likeness (QED) is 0.709. The van der Waals surface area contributed by atoms with Gasteiger partial charge < -0.3 is 15.2 Å². The standard InChI is InChI=1S/C22H22FN3O3/c1-13-5-6-14(11-24-13)9-15-10-19(25-21-16(15)3-2-4-17(21)23)22(28)26-18-7-8-29-12-20(18)27/h2-6,10-11,18,20,27H,7-9,12H2,1H3,(H,26,28). The first-order chi connectivity index (χ1) is 14.0. The number of aliphatic hydroxyl groups excluding tert-OH is 1. The molecule has 2 N–H and O–H groups in total. The minimum atomic E-state index is -0.775. The first-order valence-electron chi connectivity index (χ1n) is 9.57. The van der Waals surface area contributed by atoms with Gasteiger partial charge in [-0.25, -0.2) is 9.37 Å². The summed E-state index contributed by atoms with van der Waals surface area (Å²) in [6.45, 7) is 2.55. The Labute approximate surface area is 167 Å². The average molecular weight is 395 g/mol. The number of para-hydroxylation sites is 1. The van der Waals surface area contributed by atoms with Crippen LogP contribution in [0.4, 0.5) is 4.39 Å². The molecule has 1 aliphatic heterocycles. The third-order valence-corrected chi connectivity index (χ3v) is 5.12. The lowest BCUT2D eigenvalue weighted by molar-refractivity contribution is -0.0261. The monoisotopic (exact) mass is 395 g/mol. The van der Waals surface area contributed by atoms with E-state index in [0.717, 1.165) is 16.8 Å². The molecule has 29 heavy (non-hydrogen) atoms. The summed E-state index contributed by atoms with van der Waals surface area (Å²) in [6.07, 6.45) is 2.01. The lowest BCUT2D eigenvalue weighted by Crippen LogP contribution is -2.48. The van der Waals surface area contributed by atoms with Crippen molar-refractivity contribution < 1.29 is 19.0 Å². The molecule has 0 bridgehead atoms. The maximum atomic E-state index is 14.5. The number of carbonyl (C=O) groups is 1. The summed E-state index contributed by atoms with van der Waals surface area (Å²) < 4.78 is 19.7. The van der Waals surface area contributed by atoms with Gasteiger partial charge in [-0.05, 0) is 49.1 Å². The van der Waals surface area contributed by atoms with Crippen molar-refractivity contribution in [3.8, 4) is 0 Å². The second kappa shape index (κ2) is 8.23. The number of aryl methyl sites for hydroxylation is 1. The number of aliphatic hydroxyl groups is 1. The highest BCUT2D eigenvalue weighted by Gasteiger charge is 2.26. The Morgan fingerprint density at radius 3 is 2.97 bits per heavy atom. The van der Waals surface area contributed by atoms with Gasteiger partial charge >= 0.3 is 0 Å². The van der Waals surface area contributed by atoms with Crippen molar-refractivity contribution in [1.29, 1.82) is 0 Å². The van der Waals surface area contributed by atoms with E-state index in [1.54, 1.807) is 24.4 Å². The van der Waals surface area contributed by atoms with Crippen LogP contribution >= 0.6 is 0 Å². The topological polar surface area (TPSA) is 84.3 Å². The molecule has 1 amide bonds. The molecular formula is C22H22FN3O3. The molecule has 4 rings (SSSR count). The minimum absolute atomic E-state index is 0.122. The molecule has 0 saturated carbocycles. The van der Waals surface area contributed by atoms with Crippen molar-refractivity contribution >= 4 is 16.8 Å². The van der Waals surface area contributed by atoms with Crippen LogP contribution in [0.3, 0.4) is 0 Å². The second-order valence-electron chi connectivity index (χ2n) is 7.30. The van der Waals surface area contributed by atoms with E-state index in [1.807, 2.05) is 19.1 Å². The van der Waals surface area contributed by atoms with E-state index in [4.69, 9.17) is 4.74 Å². The molecule has 150 valence electrons. The number of nitrogens with one attached hydrogen (secondary N) is 1. The third-order valence-electron chi connectivity index (χ3n) is 5.12. The molecule has 7 heteroatoms. The van der Waals surface area contributed by atoms with Gasteiger partial charge in [-0.15, -0.1) is 0 Å². The number of ether oxygens (including phenoxy) is 1. The number of fused-ring (bicyclic) bond motifs is 1. The van der Waals surface area contributed by atoms with Crippen molar-refractivity contribution in [2.24, 2.45) is 0 Å². The number of aromatic nitrogens is 2. The highest BCUT2D eigenvalue weighted by atomic mass is 19.1. The number of halogens is 1. The molecule has 1 aromatic carbocycles. The van der Waals surface area contributed by atoms with Crippen LogP contribution in [0, 0.1) is 12.7 Å². The number of pyridine rings is 2. The molecular weight excluding hydrogens is 373 g/mol. The average Bonchev–Trinajstić information content (AvgIpc) is 2.72. The zero-order valence-electron chi connectivity index (χ0n) is 16.1. The molecule has 1 saturated heterocycles. The smallest absolute Gasteiger partial charge is 0.270 e. The molecule has 1 aliphatic rings. The zero-order valence-corrected chi connectivity index (χ0v) is 16.1. The van der Waals surface area contributed by atoms with E-state index in [1.165, 1.54) is 6.07 Å². The van der Waals surface area contributed by atoms with Gasteiger partial charge in [0.2, 0.25) is 0 Å². The van der Waals surface area contributed by atoms with E-state index in [0.29, 0.717) is 24.8 Å². The fraction of sp³-hybridized carbons (Fsp3) is 0.318. The number of rotatable bonds is 4. The minimum Gasteiger partial charge on any atom is -0.389 e. The fourth-order valence-corrected chi connectivity index (χ4v) is 3.50. The Kier molecular flexibility index (Phi) is 5.51. The van der Waals surface area contributed by atoms with E-state index in [2.05, 4.69) is 15.3 Å². The Hall–Kier alpha value is -2.90. The first kappa shape index (κ1) is 19.4. The number of carbonyl (C=O) groups excluding carboxylic acids is 1. The van der Waals surface area contributed by atoms with E-state index in [9.17, 15) is 14.3 Å². The van der Waals surface area contributed by atoms with E-state index < -0.39 is 23.9 Å². The summed E-state index contributed by atoms with van der Waals surface area (Å²) in [5.41, 5.74) is 2.94. The van der Waals surface area contributed by atoms with Crippen molar-refractivity contribution in [3.63, 3.8) is 0 Å². The molecule has 0 spiro atoms. The van der Waals surface area contributed by atoms with Crippen LogP contribution in [0.5, 0.6) is 0 Å². The predicted octanol–water partition coefficient (Wildman–Crippen LogP) is 2.55. The summed E-state index contributed by atoms with van der Waals surface area (Å²) in [5, 5.41) is 13.5. The van der Waals surface area contributed by atoms with Crippen molar-refractivity contribution in [2.45, 2.75) is 31.9 Å². The van der Waals surface area contributed by atoms with Crippen LogP contribution in [0.2, 0.25) is 0 Å². The normalized spacial score (nSPS) is 19.3. The lowest BCUT2D eigenvalue weighted by Gasteiger charge is -2.28. The SMILES string of the molecule is Cc1ccc(Cc2cc(C(=O)NC3CCOCC3O)nc3c(F)cccc23)cn1. The van der Waals surface area contributed by atoms with Gasteiger partial charge in [0.15, 0.2) is 0 Å². The van der Waals surface area contributed by atoms with Gasteiger partial charge in [0, 0.05) is 23.9 Å². The zero-order chi connectivity index (χ0) is 20.4. The molecule has 0 radical (unpaired) electrons. The Morgan fingerprint density at radius 1 is 1.34 bits per heavy atom. The Bertz CT molecular complexity index is 1040. The van der Waals surface area contributed by atoms with Gasteiger partial charge in [-0.1, -0.05) is 18.2 Å². The summed E-state index contributed by atoms with van der Waals surface area (Å²) >= 11 is 0. The number of amides is 1. The molecule has 2 unspecified atom stereocenters. The van der Waals surface area contributed by atoms with Crippen LogP contribution in [0.15, 0.2) is 42.6 Å². The molecule has 3 aromatic rings. The summed E-state index contributed by atoms with van der Waals surface area (Å²) in [7, 11) is 0. The molecule has 6 nitrogen and oxygen atoms in total. The molecule has 1 fully saturated rings. The Morgan fingerprint density at radius 2 is 2.21 bits per heavy atom. The van der Waals surface area contributed by atoms with Crippen molar-refractivity contribution in [3.05, 3.63) is 70.9 Å². The Balaban J connectivity index is 1.69. The van der Waals surface area contributed by atoms with Crippen LogP contribution in [0.1, 0.15) is 33.7 Å². The lowest BCUT2D eigenvalue weighted by atomic mass is 10.00. The number of benzene rings is 1. The summed E-state index contributed by atoms with van der Waals surface area (Å²) in [4.78, 5) is 21.4. The van der Waals surface area contributed by atoms with Gasteiger partial charge in [0.1, 0.15) is 17.0 Å². The van der Waals surface area contributed by atoms with Crippen LogP contribution < -0.4 is 5.32 Å². The second-order valence-corrected chi connectivity index (χ2v) is 7.30. The largest absolute Gasteiger partial charge is 0.389 e. The molecule has 3 heterocycles. The van der Waals surface area contributed by atoms with Gasteiger partial charge in [0.25, 0.3) is 5.91 Å². The fourth-order valence-electron chi connectivity index (χ4n) is 3.50. The maximum Gasteiger partial charge on any atom is 0.270 e. The van der Waals surface area contributed by atoms with Gasteiger partial charge in [0.05, 0.1) is 18.8 Å². The maximum absolute atomic E-state index is 14.5. The summed E-state index contributed by atoms with van der Waals surface area (Å²) in [6, 6.07) is 9.91.